The Balaban J connectivity index is 1.10. The van der Waals surface area contributed by atoms with E-state index in [4.69, 9.17) is 4.74 Å². The maximum Gasteiger partial charge on any atom is 0.201 e. The van der Waals surface area contributed by atoms with Crippen LogP contribution in [0.25, 0.3) is 22.3 Å². The van der Waals surface area contributed by atoms with Gasteiger partial charge in [0.25, 0.3) is 0 Å². The van der Waals surface area contributed by atoms with Crippen molar-refractivity contribution in [2.75, 3.05) is 6.61 Å². The molecule has 3 aromatic carbocycles. The van der Waals surface area contributed by atoms with Crippen molar-refractivity contribution < 1.29 is 17.9 Å². The van der Waals surface area contributed by atoms with E-state index in [-0.39, 0.29) is 17.1 Å². The van der Waals surface area contributed by atoms with Gasteiger partial charge < -0.3 is 4.74 Å². The van der Waals surface area contributed by atoms with Gasteiger partial charge in [-0.2, -0.15) is 4.39 Å². The zero-order valence-electron chi connectivity index (χ0n) is 29.7. The lowest BCUT2D eigenvalue weighted by Crippen LogP contribution is -2.25. The van der Waals surface area contributed by atoms with E-state index in [9.17, 15) is 4.39 Å². The number of halogens is 3. The minimum atomic E-state index is -0.951. The Hall–Kier alpha value is -2.75. The summed E-state index contributed by atoms with van der Waals surface area (Å²) >= 11 is 0. The third-order valence-corrected chi connectivity index (χ3v) is 11.6. The van der Waals surface area contributed by atoms with Gasteiger partial charge in [-0.25, -0.2) is 8.78 Å². The smallest absolute Gasteiger partial charge is 0.201 e. The molecule has 0 aromatic heterocycles. The largest absolute Gasteiger partial charge is 0.490 e. The Morgan fingerprint density at radius 2 is 1.15 bits per heavy atom. The molecule has 0 atom stereocenters. The highest BCUT2D eigenvalue weighted by Crippen LogP contribution is 2.45. The zero-order valence-corrected chi connectivity index (χ0v) is 29.7. The second-order valence-corrected chi connectivity index (χ2v) is 14.9. The van der Waals surface area contributed by atoms with Gasteiger partial charge in [0.2, 0.25) is 5.82 Å². The lowest BCUT2D eigenvalue weighted by molar-refractivity contribution is 0.155. The molecule has 2 aliphatic carbocycles. The molecule has 5 rings (SSSR count). The first-order valence-corrected chi connectivity index (χ1v) is 19.5. The Morgan fingerprint density at radius 3 is 1.79 bits per heavy atom. The molecule has 0 unspecified atom stereocenters. The van der Waals surface area contributed by atoms with Crippen molar-refractivity contribution in [1.29, 1.82) is 0 Å². The molecule has 262 valence electrons. The summed E-state index contributed by atoms with van der Waals surface area (Å²) in [6, 6.07) is 16.0. The van der Waals surface area contributed by atoms with Crippen molar-refractivity contribution in [2.45, 2.75) is 142 Å². The molecule has 2 fully saturated rings. The van der Waals surface area contributed by atoms with Gasteiger partial charge in [-0.15, -0.1) is 0 Å². The van der Waals surface area contributed by atoms with Crippen molar-refractivity contribution in [3.63, 3.8) is 0 Å². The molecule has 0 amide bonds. The fourth-order valence-corrected chi connectivity index (χ4v) is 8.52. The van der Waals surface area contributed by atoms with E-state index < -0.39 is 11.6 Å². The van der Waals surface area contributed by atoms with Crippen LogP contribution in [0, 0.1) is 35.2 Å². The standard InChI is InChI=1S/C44H59F3O/c1-3-5-7-9-11-13-32-14-16-33(17-15-32)34-18-22-36(23-19-34)39-27-26-38(31-41(39)45)35-20-24-37(25-21-35)40-28-29-42(44(47)43(40)46)48-30-12-10-8-6-4-2/h20-21,24-29,31-34,36H,3-19,22-23,30H2,1-2H3. The minimum absolute atomic E-state index is 0.0432. The summed E-state index contributed by atoms with van der Waals surface area (Å²) in [4.78, 5) is 0. The van der Waals surface area contributed by atoms with Crippen molar-refractivity contribution in [2.24, 2.45) is 17.8 Å². The first kappa shape index (κ1) is 36.5. The number of rotatable bonds is 17. The molecule has 0 radical (unpaired) electrons. The monoisotopic (exact) mass is 660 g/mol. The summed E-state index contributed by atoms with van der Waals surface area (Å²) in [6.07, 6.45) is 23.9. The first-order chi connectivity index (χ1) is 23.5. The maximum absolute atomic E-state index is 15.5. The maximum atomic E-state index is 15.5. The molecule has 0 spiro atoms. The molecular weight excluding hydrogens is 601 g/mol. The molecule has 2 aliphatic rings. The second kappa shape index (κ2) is 18.9. The average Bonchev–Trinajstić information content (AvgIpc) is 3.12. The van der Waals surface area contributed by atoms with Crippen molar-refractivity contribution in [3.8, 4) is 28.0 Å². The lowest BCUT2D eigenvalue weighted by atomic mass is 9.68. The summed E-state index contributed by atoms with van der Waals surface area (Å²) in [7, 11) is 0. The Bertz CT molecular complexity index is 1380. The van der Waals surface area contributed by atoms with Crippen LogP contribution in [0.4, 0.5) is 13.2 Å². The fraction of sp³-hybridized carbons (Fsp3) is 0.591. The SMILES string of the molecule is CCCCCCCOc1ccc(-c2ccc(-c3ccc(C4CCC(C5CCC(CCCCCCC)CC5)CC4)c(F)c3)cc2)c(F)c1F. The normalized spacial score (nSPS) is 21.4. The van der Waals surface area contributed by atoms with Gasteiger partial charge in [0.1, 0.15) is 5.82 Å². The Labute approximate surface area is 289 Å². The van der Waals surface area contributed by atoms with Crippen LogP contribution in [0.1, 0.15) is 147 Å². The van der Waals surface area contributed by atoms with Crippen LogP contribution in [0.15, 0.2) is 54.6 Å². The van der Waals surface area contributed by atoms with Gasteiger partial charge >= 0.3 is 0 Å². The van der Waals surface area contributed by atoms with Crippen molar-refractivity contribution >= 4 is 0 Å². The molecule has 3 aromatic rings. The predicted molar refractivity (Wildman–Crippen MR) is 195 cm³/mol. The summed E-state index contributed by atoms with van der Waals surface area (Å²) in [5.41, 5.74) is 3.27. The Kier molecular flexibility index (Phi) is 14.4. The van der Waals surface area contributed by atoms with Crippen LogP contribution in [-0.2, 0) is 0 Å². The van der Waals surface area contributed by atoms with Gasteiger partial charge in [0.05, 0.1) is 6.61 Å². The number of benzene rings is 3. The van der Waals surface area contributed by atoms with E-state index in [1.54, 1.807) is 24.3 Å². The molecule has 1 nitrogen and oxygen atoms in total. The molecule has 4 heteroatoms. The van der Waals surface area contributed by atoms with Crippen LogP contribution >= 0.6 is 0 Å². The second-order valence-electron chi connectivity index (χ2n) is 14.9. The lowest BCUT2D eigenvalue weighted by Gasteiger charge is -2.38. The first-order valence-electron chi connectivity index (χ1n) is 19.5. The molecule has 48 heavy (non-hydrogen) atoms. The highest BCUT2D eigenvalue weighted by Gasteiger charge is 2.32. The van der Waals surface area contributed by atoms with Crippen molar-refractivity contribution in [1.82, 2.24) is 0 Å². The van der Waals surface area contributed by atoms with E-state index in [2.05, 4.69) is 13.8 Å². The number of ether oxygens (including phenoxy) is 1. The average molecular weight is 661 g/mol. The summed E-state index contributed by atoms with van der Waals surface area (Å²) in [5.74, 6) is 0.905. The summed E-state index contributed by atoms with van der Waals surface area (Å²) in [5, 5.41) is 0. The number of hydrogen-bond acceptors (Lipinski definition) is 1. The van der Waals surface area contributed by atoms with Gasteiger partial charge in [-0.1, -0.05) is 127 Å². The van der Waals surface area contributed by atoms with E-state index >= 15 is 8.78 Å². The summed E-state index contributed by atoms with van der Waals surface area (Å²) < 4.78 is 50.9. The van der Waals surface area contributed by atoms with E-state index in [1.807, 2.05) is 24.3 Å². The van der Waals surface area contributed by atoms with E-state index in [0.29, 0.717) is 18.1 Å². The van der Waals surface area contributed by atoms with Crippen molar-refractivity contribution in [3.05, 3.63) is 77.6 Å². The van der Waals surface area contributed by atoms with Crippen LogP contribution in [0.3, 0.4) is 0 Å². The van der Waals surface area contributed by atoms with Gasteiger partial charge in [0, 0.05) is 5.56 Å². The van der Waals surface area contributed by atoms with Crippen LogP contribution < -0.4 is 4.74 Å². The molecule has 0 bridgehead atoms. The van der Waals surface area contributed by atoms with Gasteiger partial charge in [0.15, 0.2) is 11.6 Å². The Morgan fingerprint density at radius 1 is 0.562 bits per heavy atom. The third-order valence-electron chi connectivity index (χ3n) is 11.6. The molecule has 0 saturated heterocycles. The van der Waals surface area contributed by atoms with E-state index in [0.717, 1.165) is 73.0 Å². The quantitative estimate of drug-likeness (QED) is 0.131. The van der Waals surface area contributed by atoms with Crippen LogP contribution in [0.5, 0.6) is 5.75 Å². The van der Waals surface area contributed by atoms with Gasteiger partial charge in [-0.05, 0) is 109 Å². The van der Waals surface area contributed by atoms with E-state index in [1.165, 1.54) is 89.5 Å². The summed E-state index contributed by atoms with van der Waals surface area (Å²) in [6.45, 7) is 4.82. The molecule has 2 saturated carbocycles. The molecule has 0 aliphatic heterocycles. The molecule has 0 heterocycles. The van der Waals surface area contributed by atoms with Gasteiger partial charge in [-0.3, -0.25) is 0 Å². The topological polar surface area (TPSA) is 9.23 Å². The minimum Gasteiger partial charge on any atom is -0.490 e. The predicted octanol–water partition coefficient (Wildman–Crippen LogP) is 14.2. The van der Waals surface area contributed by atoms with Crippen LogP contribution in [-0.4, -0.2) is 6.61 Å². The molecular formula is C44H59F3O. The molecule has 0 N–H and O–H groups in total. The van der Waals surface area contributed by atoms with Crippen LogP contribution in [0.2, 0.25) is 0 Å². The fourth-order valence-electron chi connectivity index (χ4n) is 8.52. The third kappa shape index (κ3) is 9.91. The highest BCUT2D eigenvalue weighted by atomic mass is 19.2. The highest BCUT2D eigenvalue weighted by molar-refractivity contribution is 5.71. The number of hydrogen-bond donors (Lipinski definition) is 0. The zero-order chi connectivity index (χ0) is 33.7. The number of unbranched alkanes of at least 4 members (excludes halogenated alkanes) is 8.